The molecule has 1 saturated heterocycles. The predicted octanol–water partition coefficient (Wildman–Crippen LogP) is 0.162. The molecule has 0 saturated carbocycles. The minimum absolute atomic E-state index is 0.122. The molecule has 0 radical (unpaired) electrons. The maximum Gasteiger partial charge on any atom is 0.274 e. The highest BCUT2D eigenvalue weighted by molar-refractivity contribution is 5.92. The molecule has 8 nitrogen and oxygen atoms in total. The molecule has 2 aromatic heterocycles. The second-order valence-corrected chi connectivity index (χ2v) is 5.10. The van der Waals surface area contributed by atoms with Crippen molar-refractivity contribution in [3.8, 4) is 5.88 Å². The summed E-state index contributed by atoms with van der Waals surface area (Å²) in [7, 11) is 0. The fraction of sp³-hybridized carbons (Fsp3) is 0.357. The number of rotatable bonds is 3. The van der Waals surface area contributed by atoms with E-state index in [1.165, 1.54) is 12.1 Å². The lowest BCUT2D eigenvalue weighted by molar-refractivity contribution is 0.0764. The lowest BCUT2D eigenvalue weighted by atomic mass is 10.3. The van der Waals surface area contributed by atoms with Gasteiger partial charge in [0.25, 0.3) is 11.5 Å². The van der Waals surface area contributed by atoms with E-state index in [1.54, 1.807) is 11.0 Å². The van der Waals surface area contributed by atoms with Crippen molar-refractivity contribution in [3.63, 3.8) is 0 Å². The third-order valence-corrected chi connectivity index (χ3v) is 3.39. The first-order chi connectivity index (χ1) is 10.6. The van der Waals surface area contributed by atoms with Gasteiger partial charge < -0.3 is 9.64 Å². The summed E-state index contributed by atoms with van der Waals surface area (Å²) >= 11 is 0. The summed E-state index contributed by atoms with van der Waals surface area (Å²) < 4.78 is 5.72. The Balaban J connectivity index is 1.62. The highest BCUT2D eigenvalue weighted by atomic mass is 16.5. The lowest BCUT2D eigenvalue weighted by Gasteiger charge is -2.16. The van der Waals surface area contributed by atoms with Gasteiger partial charge in [0.1, 0.15) is 11.8 Å². The zero-order valence-electron chi connectivity index (χ0n) is 12.0. The van der Waals surface area contributed by atoms with Gasteiger partial charge in [-0.25, -0.2) is 5.10 Å². The van der Waals surface area contributed by atoms with Crippen LogP contribution in [0, 0.1) is 6.92 Å². The summed E-state index contributed by atoms with van der Waals surface area (Å²) in [5.74, 6) is 0.226. The van der Waals surface area contributed by atoms with Crippen LogP contribution < -0.4 is 10.3 Å². The van der Waals surface area contributed by atoms with Crippen LogP contribution in [-0.2, 0) is 0 Å². The van der Waals surface area contributed by atoms with Crippen LogP contribution in [0.2, 0.25) is 0 Å². The molecule has 1 aliphatic rings. The van der Waals surface area contributed by atoms with E-state index in [-0.39, 0.29) is 23.3 Å². The zero-order valence-corrected chi connectivity index (χ0v) is 12.0. The van der Waals surface area contributed by atoms with Gasteiger partial charge in [0.15, 0.2) is 0 Å². The normalized spacial score (nSPS) is 17.5. The molecule has 1 unspecified atom stereocenters. The number of amides is 1. The summed E-state index contributed by atoms with van der Waals surface area (Å²) in [5.41, 5.74) is 0.701. The third-order valence-electron chi connectivity index (χ3n) is 3.39. The number of likely N-dealkylation sites (tertiary alicyclic amines) is 1. The van der Waals surface area contributed by atoms with E-state index in [1.807, 2.05) is 13.0 Å². The van der Waals surface area contributed by atoms with Gasteiger partial charge in [-0.2, -0.15) is 10.2 Å². The largest absolute Gasteiger partial charge is 0.471 e. The summed E-state index contributed by atoms with van der Waals surface area (Å²) in [4.78, 5) is 24.9. The summed E-state index contributed by atoms with van der Waals surface area (Å²) in [6.45, 7) is 2.88. The molecule has 1 atom stereocenters. The van der Waals surface area contributed by atoms with Gasteiger partial charge in [-0.3, -0.25) is 9.59 Å². The smallest absolute Gasteiger partial charge is 0.274 e. The summed E-state index contributed by atoms with van der Waals surface area (Å²) in [6, 6.07) is 6.29. The van der Waals surface area contributed by atoms with E-state index in [0.29, 0.717) is 25.4 Å². The van der Waals surface area contributed by atoms with Gasteiger partial charge in [-0.1, -0.05) is 0 Å². The zero-order chi connectivity index (χ0) is 15.5. The first-order valence-corrected chi connectivity index (χ1v) is 6.94. The standard InChI is InChI=1S/C14H15N5O3/c1-9-2-5-13(18-15-9)22-10-6-7-19(8-10)14(21)11-3-4-12(20)17-16-11/h2-5,10H,6-8H2,1H3,(H,17,20). The second-order valence-electron chi connectivity index (χ2n) is 5.10. The first kappa shape index (κ1) is 14.2. The molecule has 114 valence electrons. The van der Waals surface area contributed by atoms with E-state index in [4.69, 9.17) is 4.74 Å². The second kappa shape index (κ2) is 5.92. The maximum absolute atomic E-state index is 12.3. The number of hydrogen-bond donors (Lipinski definition) is 1. The van der Waals surface area contributed by atoms with Crippen LogP contribution in [-0.4, -0.2) is 50.4 Å². The number of ether oxygens (including phenoxy) is 1. The van der Waals surface area contributed by atoms with E-state index >= 15 is 0 Å². The Kier molecular flexibility index (Phi) is 3.82. The number of carbonyl (C=O) groups excluding carboxylic acids is 1. The van der Waals surface area contributed by atoms with Crippen LogP contribution in [0.1, 0.15) is 22.6 Å². The average Bonchev–Trinajstić information content (AvgIpc) is 2.98. The van der Waals surface area contributed by atoms with Crippen molar-refractivity contribution in [1.29, 1.82) is 0 Å². The van der Waals surface area contributed by atoms with Crippen molar-refractivity contribution in [3.05, 3.63) is 46.0 Å². The molecule has 0 bridgehead atoms. The molecule has 3 rings (SSSR count). The number of aryl methyl sites for hydroxylation is 1. The Morgan fingerprint density at radius 1 is 1.32 bits per heavy atom. The highest BCUT2D eigenvalue weighted by Crippen LogP contribution is 2.17. The van der Waals surface area contributed by atoms with Crippen LogP contribution in [0.3, 0.4) is 0 Å². The van der Waals surface area contributed by atoms with Crippen LogP contribution in [0.5, 0.6) is 5.88 Å². The van der Waals surface area contributed by atoms with Crippen molar-refractivity contribution >= 4 is 5.91 Å². The summed E-state index contributed by atoms with van der Waals surface area (Å²) in [5, 5.41) is 13.9. The number of hydrogen-bond acceptors (Lipinski definition) is 6. The molecule has 0 aromatic carbocycles. The van der Waals surface area contributed by atoms with Gasteiger partial charge >= 0.3 is 0 Å². The number of carbonyl (C=O) groups is 1. The van der Waals surface area contributed by atoms with Gasteiger partial charge in [-0.05, 0) is 19.1 Å². The number of H-pyrrole nitrogens is 1. The van der Waals surface area contributed by atoms with Crippen LogP contribution >= 0.6 is 0 Å². The van der Waals surface area contributed by atoms with Crippen LogP contribution in [0.25, 0.3) is 0 Å². The molecule has 3 heterocycles. The van der Waals surface area contributed by atoms with E-state index in [9.17, 15) is 9.59 Å². The van der Waals surface area contributed by atoms with Crippen LogP contribution in [0.4, 0.5) is 0 Å². The van der Waals surface area contributed by atoms with Crippen molar-refractivity contribution in [2.45, 2.75) is 19.4 Å². The molecule has 22 heavy (non-hydrogen) atoms. The van der Waals surface area contributed by atoms with Crippen molar-refractivity contribution < 1.29 is 9.53 Å². The number of nitrogens with one attached hydrogen (secondary N) is 1. The third kappa shape index (κ3) is 3.11. The minimum Gasteiger partial charge on any atom is -0.471 e. The molecule has 1 N–H and O–H groups in total. The van der Waals surface area contributed by atoms with Gasteiger partial charge in [0.2, 0.25) is 5.88 Å². The molecular weight excluding hydrogens is 286 g/mol. The lowest BCUT2D eigenvalue weighted by Crippen LogP contribution is -2.32. The molecule has 1 aliphatic heterocycles. The maximum atomic E-state index is 12.3. The Morgan fingerprint density at radius 3 is 2.86 bits per heavy atom. The molecular formula is C14H15N5O3. The molecule has 0 spiro atoms. The molecule has 1 amide bonds. The monoisotopic (exact) mass is 301 g/mol. The highest BCUT2D eigenvalue weighted by Gasteiger charge is 2.29. The predicted molar refractivity (Wildman–Crippen MR) is 76.6 cm³/mol. The number of aromatic nitrogens is 4. The van der Waals surface area contributed by atoms with Crippen molar-refractivity contribution in [1.82, 2.24) is 25.3 Å². The molecule has 2 aromatic rings. The Morgan fingerprint density at radius 2 is 2.18 bits per heavy atom. The van der Waals surface area contributed by atoms with Crippen molar-refractivity contribution in [2.75, 3.05) is 13.1 Å². The first-order valence-electron chi connectivity index (χ1n) is 6.94. The summed E-state index contributed by atoms with van der Waals surface area (Å²) in [6.07, 6.45) is 0.591. The quantitative estimate of drug-likeness (QED) is 0.866. The molecule has 0 aliphatic carbocycles. The Bertz CT molecular complexity index is 708. The number of nitrogens with zero attached hydrogens (tertiary/aromatic N) is 4. The fourth-order valence-corrected chi connectivity index (χ4v) is 2.25. The average molecular weight is 301 g/mol. The number of aromatic amines is 1. The Labute approximate surface area is 126 Å². The van der Waals surface area contributed by atoms with Gasteiger partial charge in [-0.15, -0.1) is 5.10 Å². The molecule has 1 fully saturated rings. The fourth-order valence-electron chi connectivity index (χ4n) is 2.25. The van der Waals surface area contributed by atoms with Crippen molar-refractivity contribution in [2.24, 2.45) is 0 Å². The van der Waals surface area contributed by atoms with Crippen LogP contribution in [0.15, 0.2) is 29.1 Å². The minimum atomic E-state index is -0.336. The van der Waals surface area contributed by atoms with Gasteiger partial charge in [0, 0.05) is 25.1 Å². The van der Waals surface area contributed by atoms with E-state index in [2.05, 4.69) is 20.4 Å². The van der Waals surface area contributed by atoms with E-state index in [0.717, 1.165) is 5.69 Å². The molecule has 8 heteroatoms. The Hall–Kier alpha value is -2.77. The topological polar surface area (TPSA) is 101 Å². The van der Waals surface area contributed by atoms with Gasteiger partial charge in [0.05, 0.1) is 12.2 Å². The SMILES string of the molecule is Cc1ccc(OC2CCN(C(=O)c3ccc(=O)[nH]n3)C2)nn1. The van der Waals surface area contributed by atoms with E-state index < -0.39 is 0 Å².